The van der Waals surface area contributed by atoms with E-state index in [4.69, 9.17) is 4.52 Å². The van der Waals surface area contributed by atoms with E-state index < -0.39 is 5.54 Å². The van der Waals surface area contributed by atoms with Crippen LogP contribution in [-0.2, 0) is 9.59 Å². The standard InChI is InChI=1S/C14H22N4O3.ClH/c1-10-8-11(17-21-10)16-12(19)9-18(3)13(20)14(2)6-4-5-7-15-14;/h8,15H,4-7,9H2,1-3H3,(H,16,17,19);1H. The fourth-order valence-corrected chi connectivity index (χ4v) is 2.55. The van der Waals surface area contributed by atoms with Crippen molar-refractivity contribution in [3.8, 4) is 0 Å². The summed E-state index contributed by atoms with van der Waals surface area (Å²) in [5.41, 5.74) is -0.572. The summed E-state index contributed by atoms with van der Waals surface area (Å²) in [6.07, 6.45) is 2.90. The van der Waals surface area contributed by atoms with Gasteiger partial charge in [-0.2, -0.15) is 0 Å². The number of anilines is 1. The largest absolute Gasteiger partial charge is 0.360 e. The molecule has 2 heterocycles. The summed E-state index contributed by atoms with van der Waals surface area (Å²) in [4.78, 5) is 25.8. The van der Waals surface area contributed by atoms with Crippen molar-refractivity contribution in [2.75, 3.05) is 25.5 Å². The Bertz CT molecular complexity index is 526. The molecule has 0 saturated carbocycles. The fourth-order valence-electron chi connectivity index (χ4n) is 2.55. The first-order chi connectivity index (χ1) is 9.90. The van der Waals surface area contributed by atoms with Gasteiger partial charge in [0.05, 0.1) is 12.1 Å². The Labute approximate surface area is 136 Å². The highest BCUT2D eigenvalue weighted by Gasteiger charge is 2.36. The van der Waals surface area contributed by atoms with Crippen molar-refractivity contribution in [3.05, 3.63) is 11.8 Å². The Morgan fingerprint density at radius 2 is 2.23 bits per heavy atom. The number of halogens is 1. The molecule has 0 spiro atoms. The first-order valence-corrected chi connectivity index (χ1v) is 7.14. The molecular formula is C14H23ClN4O3. The first-order valence-electron chi connectivity index (χ1n) is 7.14. The van der Waals surface area contributed by atoms with Gasteiger partial charge >= 0.3 is 0 Å². The molecule has 0 aromatic carbocycles. The van der Waals surface area contributed by atoms with Crippen LogP contribution in [0.15, 0.2) is 10.6 Å². The maximum absolute atomic E-state index is 12.5. The number of carbonyl (C=O) groups excluding carboxylic acids is 2. The number of hydrogen-bond donors (Lipinski definition) is 2. The van der Waals surface area contributed by atoms with E-state index in [1.165, 1.54) is 4.90 Å². The molecule has 0 radical (unpaired) electrons. The topological polar surface area (TPSA) is 87.5 Å². The predicted molar refractivity (Wildman–Crippen MR) is 85.0 cm³/mol. The van der Waals surface area contributed by atoms with E-state index in [0.717, 1.165) is 25.8 Å². The smallest absolute Gasteiger partial charge is 0.245 e. The van der Waals surface area contributed by atoms with Gasteiger partial charge in [0.1, 0.15) is 5.76 Å². The predicted octanol–water partition coefficient (Wildman–Crippen LogP) is 1.33. The van der Waals surface area contributed by atoms with Gasteiger partial charge in [0.15, 0.2) is 5.82 Å². The van der Waals surface area contributed by atoms with E-state index in [0.29, 0.717) is 11.6 Å². The third kappa shape index (κ3) is 4.45. The third-order valence-corrected chi connectivity index (χ3v) is 3.71. The average Bonchev–Trinajstić information content (AvgIpc) is 2.83. The Balaban J connectivity index is 0.00000242. The van der Waals surface area contributed by atoms with Gasteiger partial charge in [0, 0.05) is 13.1 Å². The zero-order valence-corrected chi connectivity index (χ0v) is 14.0. The molecule has 1 aromatic heterocycles. The van der Waals surface area contributed by atoms with Crippen LogP contribution in [0.5, 0.6) is 0 Å². The molecule has 8 heteroatoms. The molecule has 0 bridgehead atoms. The van der Waals surface area contributed by atoms with Crippen molar-refractivity contribution in [3.63, 3.8) is 0 Å². The van der Waals surface area contributed by atoms with E-state index in [1.54, 1.807) is 20.0 Å². The molecule has 1 aliphatic rings. The van der Waals surface area contributed by atoms with Gasteiger partial charge in [-0.05, 0) is 39.7 Å². The van der Waals surface area contributed by atoms with Gasteiger partial charge < -0.3 is 20.1 Å². The van der Waals surface area contributed by atoms with Crippen molar-refractivity contribution in [1.82, 2.24) is 15.4 Å². The number of nitrogens with one attached hydrogen (secondary N) is 2. The Hall–Kier alpha value is -1.60. The lowest BCUT2D eigenvalue weighted by Gasteiger charge is -2.36. The number of likely N-dealkylation sites (N-methyl/N-ethyl adjacent to an activating group) is 1. The van der Waals surface area contributed by atoms with Crippen LogP contribution in [0.3, 0.4) is 0 Å². The minimum Gasteiger partial charge on any atom is -0.360 e. The van der Waals surface area contributed by atoms with Gasteiger partial charge in [-0.25, -0.2) is 0 Å². The van der Waals surface area contributed by atoms with Crippen LogP contribution in [0.2, 0.25) is 0 Å². The monoisotopic (exact) mass is 330 g/mol. The minimum absolute atomic E-state index is 0. The SMILES string of the molecule is Cc1cc(NC(=O)CN(C)C(=O)C2(C)CCCCN2)no1.Cl. The number of rotatable bonds is 4. The lowest BCUT2D eigenvalue weighted by molar-refractivity contribution is -0.139. The van der Waals surface area contributed by atoms with E-state index in [2.05, 4.69) is 15.8 Å². The van der Waals surface area contributed by atoms with Crippen molar-refractivity contribution in [2.45, 2.75) is 38.6 Å². The Morgan fingerprint density at radius 1 is 1.50 bits per heavy atom. The summed E-state index contributed by atoms with van der Waals surface area (Å²) >= 11 is 0. The number of carbonyl (C=O) groups is 2. The summed E-state index contributed by atoms with van der Waals surface area (Å²) in [5, 5.41) is 9.55. The number of piperidine rings is 1. The fraction of sp³-hybridized carbons (Fsp3) is 0.643. The molecule has 22 heavy (non-hydrogen) atoms. The van der Waals surface area contributed by atoms with Crippen LogP contribution >= 0.6 is 12.4 Å². The second kappa shape index (κ2) is 7.60. The first kappa shape index (κ1) is 18.4. The van der Waals surface area contributed by atoms with Crippen molar-refractivity contribution >= 4 is 30.0 Å². The van der Waals surface area contributed by atoms with Crippen LogP contribution in [0.25, 0.3) is 0 Å². The van der Waals surface area contributed by atoms with E-state index in [9.17, 15) is 9.59 Å². The average molecular weight is 331 g/mol. The maximum Gasteiger partial charge on any atom is 0.245 e. The number of aromatic nitrogens is 1. The minimum atomic E-state index is -0.572. The van der Waals surface area contributed by atoms with Crippen LogP contribution in [-0.4, -0.2) is 47.5 Å². The van der Waals surface area contributed by atoms with E-state index >= 15 is 0 Å². The van der Waals surface area contributed by atoms with Crippen molar-refractivity contribution in [1.29, 1.82) is 0 Å². The number of amides is 2. The molecule has 124 valence electrons. The molecule has 2 rings (SSSR count). The Morgan fingerprint density at radius 3 is 2.77 bits per heavy atom. The molecular weight excluding hydrogens is 308 g/mol. The molecule has 1 fully saturated rings. The molecule has 1 aromatic rings. The van der Waals surface area contributed by atoms with Gasteiger partial charge in [-0.3, -0.25) is 9.59 Å². The molecule has 2 N–H and O–H groups in total. The van der Waals surface area contributed by atoms with Crippen molar-refractivity contribution in [2.24, 2.45) is 0 Å². The van der Waals surface area contributed by atoms with Gasteiger partial charge in [0.2, 0.25) is 11.8 Å². The molecule has 2 amide bonds. The quantitative estimate of drug-likeness (QED) is 0.869. The Kier molecular flexibility index (Phi) is 6.37. The van der Waals surface area contributed by atoms with Gasteiger partial charge in [-0.15, -0.1) is 12.4 Å². The molecule has 1 unspecified atom stereocenters. The number of aryl methyl sites for hydroxylation is 1. The number of nitrogens with zero attached hydrogens (tertiary/aromatic N) is 2. The summed E-state index contributed by atoms with van der Waals surface area (Å²) in [6.45, 7) is 4.46. The highest BCUT2D eigenvalue weighted by Crippen LogP contribution is 2.20. The van der Waals surface area contributed by atoms with Gasteiger partial charge in [-0.1, -0.05) is 5.16 Å². The number of hydrogen-bond acceptors (Lipinski definition) is 5. The van der Waals surface area contributed by atoms with Crippen LogP contribution in [0, 0.1) is 6.92 Å². The molecule has 1 atom stereocenters. The third-order valence-electron chi connectivity index (χ3n) is 3.71. The summed E-state index contributed by atoms with van der Waals surface area (Å²) in [6, 6.07) is 1.63. The van der Waals surface area contributed by atoms with Crippen LogP contribution in [0.1, 0.15) is 31.9 Å². The molecule has 0 aliphatic carbocycles. The maximum atomic E-state index is 12.5. The van der Waals surface area contributed by atoms with Gasteiger partial charge in [0.25, 0.3) is 0 Å². The van der Waals surface area contributed by atoms with Crippen LogP contribution in [0.4, 0.5) is 5.82 Å². The second-order valence-corrected chi connectivity index (χ2v) is 5.75. The normalized spacial score (nSPS) is 20.9. The lowest BCUT2D eigenvalue weighted by atomic mass is 9.89. The second-order valence-electron chi connectivity index (χ2n) is 5.75. The highest BCUT2D eigenvalue weighted by molar-refractivity contribution is 5.95. The van der Waals surface area contributed by atoms with E-state index in [-0.39, 0.29) is 30.8 Å². The summed E-state index contributed by atoms with van der Waals surface area (Å²) < 4.78 is 4.87. The lowest BCUT2D eigenvalue weighted by Crippen LogP contribution is -2.58. The summed E-state index contributed by atoms with van der Waals surface area (Å²) in [7, 11) is 1.64. The molecule has 1 aliphatic heterocycles. The molecule has 7 nitrogen and oxygen atoms in total. The van der Waals surface area contributed by atoms with Crippen LogP contribution < -0.4 is 10.6 Å². The highest BCUT2D eigenvalue weighted by atomic mass is 35.5. The van der Waals surface area contributed by atoms with E-state index in [1.807, 2.05) is 6.92 Å². The molecule has 1 saturated heterocycles. The zero-order chi connectivity index (χ0) is 15.5. The summed E-state index contributed by atoms with van der Waals surface area (Å²) in [5.74, 6) is 0.626. The zero-order valence-electron chi connectivity index (χ0n) is 13.1. The van der Waals surface area contributed by atoms with Crippen molar-refractivity contribution < 1.29 is 14.1 Å².